The summed E-state index contributed by atoms with van der Waals surface area (Å²) in [6.07, 6.45) is 3.85. The van der Waals surface area contributed by atoms with E-state index in [-0.39, 0.29) is 0 Å². The Morgan fingerprint density at radius 2 is 2.22 bits per heavy atom. The molecular weight excluding hydrogens is 266 g/mol. The summed E-state index contributed by atoms with van der Waals surface area (Å²) in [5, 5.41) is 1.97. The summed E-state index contributed by atoms with van der Waals surface area (Å²) in [6.45, 7) is 0. The first-order valence-electron chi connectivity index (χ1n) is 5.38. The van der Waals surface area contributed by atoms with Gasteiger partial charge in [-0.1, -0.05) is 12.1 Å². The normalized spacial score (nSPS) is 12.9. The van der Waals surface area contributed by atoms with Crippen molar-refractivity contribution < 1.29 is 4.21 Å². The van der Waals surface area contributed by atoms with Crippen molar-refractivity contribution >= 4 is 32.8 Å². The first kappa shape index (κ1) is 11.4. The number of benzene rings is 1. The van der Waals surface area contributed by atoms with Gasteiger partial charge in [0.25, 0.3) is 0 Å². The van der Waals surface area contributed by atoms with Crippen LogP contribution in [0.15, 0.2) is 46.9 Å². The number of rotatable bonds is 3. The van der Waals surface area contributed by atoms with E-state index in [4.69, 9.17) is 5.73 Å². The molecule has 6 heteroatoms. The molecule has 0 aliphatic carbocycles. The van der Waals surface area contributed by atoms with Gasteiger partial charge in [-0.05, 0) is 12.1 Å². The number of hydrogen-bond donors (Lipinski definition) is 1. The summed E-state index contributed by atoms with van der Waals surface area (Å²) in [5.74, 6) is 0.391. The summed E-state index contributed by atoms with van der Waals surface area (Å²) < 4.78 is 14.2. The molecule has 0 bridgehead atoms. The lowest BCUT2D eigenvalue weighted by atomic mass is 10.3. The lowest BCUT2D eigenvalue weighted by Crippen LogP contribution is -2.00. The Kier molecular flexibility index (Phi) is 2.89. The fraction of sp³-hybridized carbons (Fsp3) is 0.0833. The minimum absolute atomic E-state index is 0.391. The van der Waals surface area contributed by atoms with E-state index in [0.717, 1.165) is 10.7 Å². The van der Waals surface area contributed by atoms with Crippen molar-refractivity contribution in [1.82, 2.24) is 9.38 Å². The van der Waals surface area contributed by atoms with Gasteiger partial charge in [0, 0.05) is 23.5 Å². The Morgan fingerprint density at radius 1 is 1.39 bits per heavy atom. The third-order valence-electron chi connectivity index (χ3n) is 2.59. The van der Waals surface area contributed by atoms with E-state index >= 15 is 0 Å². The SMILES string of the molecule is Nc1ccccc1S(=O)Cc1cn2ccsc2n1. The first-order chi connectivity index (χ1) is 8.74. The second-order valence-electron chi connectivity index (χ2n) is 3.85. The topological polar surface area (TPSA) is 60.4 Å². The fourth-order valence-electron chi connectivity index (χ4n) is 1.75. The predicted octanol–water partition coefficient (Wildman–Crippen LogP) is 2.29. The van der Waals surface area contributed by atoms with Crippen LogP contribution in [0, 0.1) is 0 Å². The molecule has 0 aliphatic heterocycles. The average molecular weight is 277 g/mol. The second-order valence-corrected chi connectivity index (χ2v) is 6.15. The number of nitrogens with two attached hydrogens (primary N) is 1. The molecule has 2 heterocycles. The summed E-state index contributed by atoms with van der Waals surface area (Å²) in [7, 11) is -1.15. The van der Waals surface area contributed by atoms with Gasteiger partial charge in [-0.25, -0.2) is 4.98 Å². The molecule has 0 radical (unpaired) electrons. The molecule has 0 fully saturated rings. The summed E-state index contributed by atoms with van der Waals surface area (Å²) in [4.78, 5) is 6.01. The van der Waals surface area contributed by atoms with E-state index in [9.17, 15) is 4.21 Å². The van der Waals surface area contributed by atoms with Crippen LogP contribution in [-0.2, 0) is 16.6 Å². The molecule has 3 rings (SSSR count). The Hall–Kier alpha value is -1.66. The van der Waals surface area contributed by atoms with Crippen molar-refractivity contribution in [2.45, 2.75) is 10.6 Å². The molecule has 0 saturated heterocycles. The first-order valence-corrected chi connectivity index (χ1v) is 7.58. The van der Waals surface area contributed by atoms with Crippen LogP contribution in [0.2, 0.25) is 0 Å². The minimum Gasteiger partial charge on any atom is -0.398 e. The molecule has 18 heavy (non-hydrogen) atoms. The van der Waals surface area contributed by atoms with Gasteiger partial charge in [-0.15, -0.1) is 11.3 Å². The molecule has 2 aromatic heterocycles. The molecule has 1 atom stereocenters. The maximum absolute atomic E-state index is 12.2. The lowest BCUT2D eigenvalue weighted by Gasteiger charge is -2.03. The Bertz CT molecular complexity index is 688. The van der Waals surface area contributed by atoms with Gasteiger partial charge >= 0.3 is 0 Å². The highest BCUT2D eigenvalue weighted by molar-refractivity contribution is 7.84. The van der Waals surface area contributed by atoms with Gasteiger partial charge in [-0.2, -0.15) is 0 Å². The molecule has 1 aromatic carbocycles. The third-order valence-corrected chi connectivity index (χ3v) is 4.78. The fourth-order valence-corrected chi connectivity index (χ4v) is 3.59. The molecule has 0 aliphatic rings. The van der Waals surface area contributed by atoms with Crippen molar-refractivity contribution in [3.8, 4) is 0 Å². The van der Waals surface area contributed by atoms with Gasteiger partial charge in [0.15, 0.2) is 4.96 Å². The van der Waals surface area contributed by atoms with Gasteiger partial charge in [-0.3, -0.25) is 8.61 Å². The molecular formula is C12H11N3OS2. The summed E-state index contributed by atoms with van der Waals surface area (Å²) >= 11 is 1.56. The molecule has 3 aromatic rings. The standard InChI is InChI=1S/C12H11N3OS2/c13-10-3-1-2-4-11(10)18(16)8-9-7-15-5-6-17-12(15)14-9/h1-7H,8,13H2. The summed E-state index contributed by atoms with van der Waals surface area (Å²) in [6, 6.07) is 7.24. The monoisotopic (exact) mass is 277 g/mol. The largest absolute Gasteiger partial charge is 0.398 e. The van der Waals surface area contributed by atoms with Crippen molar-refractivity contribution in [2.24, 2.45) is 0 Å². The second kappa shape index (κ2) is 4.55. The minimum atomic E-state index is -1.15. The van der Waals surface area contributed by atoms with E-state index < -0.39 is 10.8 Å². The molecule has 0 spiro atoms. The zero-order valence-corrected chi connectivity index (χ0v) is 11.1. The average Bonchev–Trinajstić information content (AvgIpc) is 2.90. The van der Waals surface area contributed by atoms with Crippen LogP contribution in [0.1, 0.15) is 5.69 Å². The number of thiazole rings is 1. The van der Waals surface area contributed by atoms with Crippen molar-refractivity contribution in [1.29, 1.82) is 0 Å². The van der Waals surface area contributed by atoms with Crippen molar-refractivity contribution in [3.63, 3.8) is 0 Å². The van der Waals surface area contributed by atoms with Gasteiger partial charge in [0.2, 0.25) is 0 Å². The van der Waals surface area contributed by atoms with Crippen LogP contribution in [0.25, 0.3) is 4.96 Å². The zero-order chi connectivity index (χ0) is 12.5. The van der Waals surface area contributed by atoms with Crippen molar-refractivity contribution in [3.05, 3.63) is 47.7 Å². The molecule has 2 N–H and O–H groups in total. The summed E-state index contributed by atoms with van der Waals surface area (Å²) in [5.41, 5.74) is 7.20. The smallest absolute Gasteiger partial charge is 0.193 e. The Balaban J connectivity index is 1.87. The van der Waals surface area contributed by atoms with Crippen LogP contribution in [-0.4, -0.2) is 13.6 Å². The van der Waals surface area contributed by atoms with E-state index in [1.807, 2.05) is 34.3 Å². The number of nitrogen functional groups attached to an aromatic ring is 1. The molecule has 0 amide bonds. The number of imidazole rings is 1. The van der Waals surface area contributed by atoms with Gasteiger partial charge in [0.05, 0.1) is 27.1 Å². The maximum atomic E-state index is 12.2. The molecule has 4 nitrogen and oxygen atoms in total. The number of para-hydroxylation sites is 1. The van der Waals surface area contributed by atoms with Crippen LogP contribution < -0.4 is 5.73 Å². The van der Waals surface area contributed by atoms with Gasteiger partial charge < -0.3 is 5.73 Å². The van der Waals surface area contributed by atoms with Crippen LogP contribution in [0.3, 0.4) is 0 Å². The van der Waals surface area contributed by atoms with Crippen LogP contribution >= 0.6 is 11.3 Å². The van der Waals surface area contributed by atoms with Crippen LogP contribution in [0.5, 0.6) is 0 Å². The van der Waals surface area contributed by atoms with E-state index in [1.165, 1.54) is 0 Å². The zero-order valence-electron chi connectivity index (χ0n) is 9.45. The Labute approximate surface area is 111 Å². The van der Waals surface area contributed by atoms with E-state index in [1.54, 1.807) is 23.5 Å². The highest BCUT2D eigenvalue weighted by Gasteiger charge is 2.11. The maximum Gasteiger partial charge on any atom is 0.193 e. The molecule has 1 unspecified atom stereocenters. The van der Waals surface area contributed by atoms with Crippen LogP contribution in [0.4, 0.5) is 5.69 Å². The number of anilines is 1. The molecule has 0 saturated carbocycles. The van der Waals surface area contributed by atoms with Crippen molar-refractivity contribution in [2.75, 3.05) is 5.73 Å². The molecule has 92 valence electrons. The number of nitrogens with zero attached hydrogens (tertiary/aromatic N) is 2. The number of hydrogen-bond acceptors (Lipinski definition) is 4. The van der Waals surface area contributed by atoms with Gasteiger partial charge in [0.1, 0.15) is 0 Å². The number of fused-ring (bicyclic) bond motifs is 1. The number of aromatic nitrogens is 2. The predicted molar refractivity (Wildman–Crippen MR) is 74.0 cm³/mol. The van der Waals surface area contributed by atoms with E-state index in [2.05, 4.69) is 4.98 Å². The lowest BCUT2D eigenvalue weighted by molar-refractivity contribution is 0.682. The Morgan fingerprint density at radius 3 is 3.00 bits per heavy atom. The quantitative estimate of drug-likeness (QED) is 0.747. The highest BCUT2D eigenvalue weighted by Crippen LogP contribution is 2.19. The van der Waals surface area contributed by atoms with E-state index in [0.29, 0.717) is 16.3 Å². The highest BCUT2D eigenvalue weighted by atomic mass is 32.2. The third kappa shape index (κ3) is 2.04.